The van der Waals surface area contributed by atoms with Gasteiger partial charge in [-0.3, -0.25) is 4.90 Å². The normalized spacial score (nSPS) is 9.80. The van der Waals surface area contributed by atoms with Crippen molar-refractivity contribution in [3.63, 3.8) is 0 Å². The molecule has 0 fully saturated rings. The second-order valence-corrected chi connectivity index (χ2v) is 3.54. The Morgan fingerprint density at radius 2 is 2.13 bits per heavy atom. The number of alkyl halides is 1. The van der Waals surface area contributed by atoms with Crippen LogP contribution in [-0.4, -0.2) is 19.7 Å². The van der Waals surface area contributed by atoms with Crippen molar-refractivity contribution in [3.05, 3.63) is 29.8 Å². The third kappa shape index (κ3) is 2.72. The fourth-order valence-corrected chi connectivity index (χ4v) is 1.87. The first-order valence-corrected chi connectivity index (χ1v) is 5.86. The molecule has 0 bridgehead atoms. The Labute approximate surface area is 98.2 Å². The fraction of sp³-hybridized carbons (Fsp3) is 0.364. The highest BCUT2D eigenvalue weighted by Crippen LogP contribution is 2.22. The monoisotopic (exact) mass is 271 g/mol. The van der Waals surface area contributed by atoms with Gasteiger partial charge >= 0.3 is 6.09 Å². The maximum Gasteiger partial charge on any atom is 0.413 e. The molecule has 0 spiro atoms. The minimum atomic E-state index is -0.328. The summed E-state index contributed by atoms with van der Waals surface area (Å²) >= 11 is 3.40. The van der Waals surface area contributed by atoms with Crippen molar-refractivity contribution < 1.29 is 9.53 Å². The van der Waals surface area contributed by atoms with E-state index < -0.39 is 0 Å². The van der Waals surface area contributed by atoms with Crippen molar-refractivity contribution in [2.75, 3.05) is 18.6 Å². The molecule has 1 rings (SSSR count). The van der Waals surface area contributed by atoms with Gasteiger partial charge < -0.3 is 4.74 Å². The van der Waals surface area contributed by atoms with Gasteiger partial charge in [-0.05, 0) is 18.6 Å². The molecular weight excluding hydrogens is 258 g/mol. The quantitative estimate of drug-likeness (QED) is 0.791. The summed E-state index contributed by atoms with van der Waals surface area (Å²) in [5.74, 6) is 0. The van der Waals surface area contributed by atoms with E-state index in [0.29, 0.717) is 6.54 Å². The number of para-hydroxylation sites is 1. The SMILES string of the molecule is CCN(C(=O)OC)c1ccccc1CBr. The van der Waals surface area contributed by atoms with Crippen LogP contribution in [0.25, 0.3) is 0 Å². The van der Waals surface area contributed by atoms with Crippen molar-refractivity contribution in [2.24, 2.45) is 0 Å². The van der Waals surface area contributed by atoms with Crippen LogP contribution in [-0.2, 0) is 10.1 Å². The molecule has 0 saturated carbocycles. The Kier molecular flexibility index (Phi) is 4.62. The summed E-state index contributed by atoms with van der Waals surface area (Å²) in [4.78, 5) is 13.1. The van der Waals surface area contributed by atoms with Crippen molar-refractivity contribution >= 4 is 27.7 Å². The summed E-state index contributed by atoms with van der Waals surface area (Å²) in [5, 5.41) is 0.719. The first-order valence-electron chi connectivity index (χ1n) is 4.74. The van der Waals surface area contributed by atoms with E-state index in [0.717, 1.165) is 16.6 Å². The molecule has 0 aliphatic heterocycles. The number of hydrogen-bond donors (Lipinski definition) is 0. The van der Waals surface area contributed by atoms with E-state index in [4.69, 9.17) is 4.74 Å². The van der Waals surface area contributed by atoms with Crippen LogP contribution in [0.1, 0.15) is 12.5 Å². The average Bonchev–Trinajstić information content (AvgIpc) is 2.30. The number of methoxy groups -OCH3 is 1. The van der Waals surface area contributed by atoms with Crippen LogP contribution in [0.3, 0.4) is 0 Å². The molecule has 1 amide bonds. The van der Waals surface area contributed by atoms with Crippen molar-refractivity contribution in [1.82, 2.24) is 0 Å². The molecular formula is C11H14BrNO2. The molecule has 0 aliphatic rings. The number of benzene rings is 1. The van der Waals surface area contributed by atoms with Gasteiger partial charge in [-0.2, -0.15) is 0 Å². The van der Waals surface area contributed by atoms with E-state index >= 15 is 0 Å². The van der Waals surface area contributed by atoms with E-state index in [9.17, 15) is 4.79 Å². The standard InChI is InChI=1S/C11H14BrNO2/c1-3-13(11(14)15-2)10-7-5-4-6-9(10)8-12/h4-7H,3,8H2,1-2H3. The van der Waals surface area contributed by atoms with E-state index in [1.165, 1.54) is 7.11 Å². The van der Waals surface area contributed by atoms with Crippen molar-refractivity contribution in [2.45, 2.75) is 12.3 Å². The number of amides is 1. The van der Waals surface area contributed by atoms with E-state index in [-0.39, 0.29) is 6.09 Å². The predicted molar refractivity (Wildman–Crippen MR) is 64.5 cm³/mol. The summed E-state index contributed by atoms with van der Waals surface area (Å²) in [6.45, 7) is 2.51. The lowest BCUT2D eigenvalue weighted by molar-refractivity contribution is 0.179. The summed E-state index contributed by atoms with van der Waals surface area (Å²) in [7, 11) is 1.39. The fourth-order valence-electron chi connectivity index (χ4n) is 1.40. The number of hydrogen-bond acceptors (Lipinski definition) is 2. The number of ether oxygens (including phenoxy) is 1. The molecule has 3 nitrogen and oxygen atoms in total. The van der Waals surface area contributed by atoms with Gasteiger partial charge in [0.15, 0.2) is 0 Å². The minimum Gasteiger partial charge on any atom is -0.452 e. The Morgan fingerprint density at radius 3 is 2.67 bits per heavy atom. The van der Waals surface area contributed by atoms with Gasteiger partial charge in [0.2, 0.25) is 0 Å². The zero-order chi connectivity index (χ0) is 11.3. The Hall–Kier alpha value is -1.03. The van der Waals surface area contributed by atoms with Crippen LogP contribution < -0.4 is 4.90 Å². The van der Waals surface area contributed by atoms with Gasteiger partial charge in [-0.1, -0.05) is 34.1 Å². The molecule has 0 unspecified atom stereocenters. The lowest BCUT2D eigenvalue weighted by Gasteiger charge is -2.21. The molecule has 0 heterocycles. The molecule has 0 saturated heterocycles. The van der Waals surface area contributed by atoms with Gasteiger partial charge in [0.1, 0.15) is 0 Å². The topological polar surface area (TPSA) is 29.5 Å². The summed E-state index contributed by atoms with van der Waals surface area (Å²) < 4.78 is 4.73. The zero-order valence-corrected chi connectivity index (χ0v) is 10.5. The molecule has 82 valence electrons. The lowest BCUT2D eigenvalue weighted by Crippen LogP contribution is -2.31. The van der Waals surface area contributed by atoms with Gasteiger partial charge in [0, 0.05) is 11.9 Å². The Morgan fingerprint density at radius 1 is 1.47 bits per heavy atom. The second kappa shape index (κ2) is 5.75. The van der Waals surface area contributed by atoms with Gasteiger partial charge in [0.25, 0.3) is 0 Å². The zero-order valence-electron chi connectivity index (χ0n) is 8.87. The summed E-state index contributed by atoms with van der Waals surface area (Å²) in [6.07, 6.45) is -0.328. The Balaban J connectivity index is 3.05. The number of carbonyl (C=O) groups is 1. The smallest absolute Gasteiger partial charge is 0.413 e. The van der Waals surface area contributed by atoms with Crippen LogP contribution in [0.15, 0.2) is 24.3 Å². The number of halogens is 1. The first-order chi connectivity index (χ1) is 7.24. The second-order valence-electron chi connectivity index (χ2n) is 2.98. The number of nitrogens with zero attached hydrogens (tertiary/aromatic N) is 1. The maximum atomic E-state index is 11.5. The molecule has 0 aromatic heterocycles. The highest BCUT2D eigenvalue weighted by Gasteiger charge is 2.16. The largest absolute Gasteiger partial charge is 0.452 e. The van der Waals surface area contributed by atoms with Crippen LogP contribution >= 0.6 is 15.9 Å². The molecule has 4 heteroatoms. The molecule has 0 atom stereocenters. The molecule has 0 N–H and O–H groups in total. The van der Waals surface area contributed by atoms with Crippen molar-refractivity contribution in [3.8, 4) is 0 Å². The van der Waals surface area contributed by atoms with E-state index in [1.807, 2.05) is 31.2 Å². The van der Waals surface area contributed by atoms with Crippen LogP contribution in [0.4, 0.5) is 10.5 Å². The van der Waals surface area contributed by atoms with E-state index in [2.05, 4.69) is 15.9 Å². The van der Waals surface area contributed by atoms with Crippen LogP contribution in [0, 0.1) is 0 Å². The predicted octanol–water partition coefficient (Wildman–Crippen LogP) is 3.17. The molecule has 0 radical (unpaired) electrons. The van der Waals surface area contributed by atoms with Gasteiger partial charge in [0.05, 0.1) is 12.8 Å². The molecule has 1 aromatic carbocycles. The third-order valence-corrected chi connectivity index (χ3v) is 2.74. The maximum absolute atomic E-state index is 11.5. The number of anilines is 1. The Bertz CT molecular complexity index is 341. The minimum absolute atomic E-state index is 0.328. The van der Waals surface area contributed by atoms with Crippen LogP contribution in [0.2, 0.25) is 0 Å². The summed E-state index contributed by atoms with van der Waals surface area (Å²) in [5.41, 5.74) is 1.97. The summed E-state index contributed by atoms with van der Waals surface area (Å²) in [6, 6.07) is 7.75. The highest BCUT2D eigenvalue weighted by molar-refractivity contribution is 9.08. The van der Waals surface area contributed by atoms with Crippen LogP contribution in [0.5, 0.6) is 0 Å². The van der Waals surface area contributed by atoms with Gasteiger partial charge in [-0.15, -0.1) is 0 Å². The number of rotatable bonds is 3. The molecule has 0 aliphatic carbocycles. The third-order valence-electron chi connectivity index (χ3n) is 2.14. The number of carbonyl (C=O) groups excluding carboxylic acids is 1. The first kappa shape index (κ1) is 12.0. The van der Waals surface area contributed by atoms with Crippen molar-refractivity contribution in [1.29, 1.82) is 0 Å². The lowest BCUT2D eigenvalue weighted by atomic mass is 10.2. The average molecular weight is 272 g/mol. The highest BCUT2D eigenvalue weighted by atomic mass is 79.9. The molecule has 15 heavy (non-hydrogen) atoms. The molecule has 1 aromatic rings. The van der Waals surface area contributed by atoms with E-state index in [1.54, 1.807) is 4.90 Å². The van der Waals surface area contributed by atoms with Gasteiger partial charge in [-0.25, -0.2) is 4.79 Å².